The predicted molar refractivity (Wildman–Crippen MR) is 48.2 cm³/mol. The number of aliphatic hydroxyl groups excluding tert-OH is 1. The molecule has 13 heavy (non-hydrogen) atoms. The summed E-state index contributed by atoms with van der Waals surface area (Å²) in [5, 5.41) is 18.4. The molecule has 3 heteroatoms. The van der Waals surface area contributed by atoms with Crippen LogP contribution in [0.2, 0.25) is 0 Å². The molecule has 1 aromatic rings. The van der Waals surface area contributed by atoms with E-state index in [1.54, 1.807) is 13.8 Å². The van der Waals surface area contributed by atoms with E-state index >= 15 is 0 Å². The van der Waals surface area contributed by atoms with Gasteiger partial charge in [-0.25, -0.2) is 4.39 Å². The van der Waals surface area contributed by atoms with E-state index in [9.17, 15) is 9.50 Å². The third kappa shape index (κ3) is 2.42. The van der Waals surface area contributed by atoms with Crippen molar-refractivity contribution in [2.75, 3.05) is 0 Å². The fourth-order valence-corrected chi connectivity index (χ4v) is 1.19. The van der Waals surface area contributed by atoms with Gasteiger partial charge < -0.3 is 10.2 Å². The second-order valence-corrected chi connectivity index (χ2v) is 3.28. The van der Waals surface area contributed by atoms with E-state index in [4.69, 9.17) is 5.11 Å². The molecule has 2 N–H and O–H groups in total. The van der Waals surface area contributed by atoms with Crippen molar-refractivity contribution in [1.82, 2.24) is 0 Å². The van der Waals surface area contributed by atoms with Gasteiger partial charge in [0.15, 0.2) is 0 Å². The van der Waals surface area contributed by atoms with Crippen molar-refractivity contribution in [3.63, 3.8) is 0 Å². The summed E-state index contributed by atoms with van der Waals surface area (Å²) < 4.78 is 13.0. The number of phenols is 1. The Bertz CT molecular complexity index is 308. The summed E-state index contributed by atoms with van der Waals surface area (Å²) in [6, 6.07) is 2.63. The van der Waals surface area contributed by atoms with Crippen LogP contribution in [0.3, 0.4) is 0 Å². The molecule has 0 spiro atoms. The zero-order valence-corrected chi connectivity index (χ0v) is 7.71. The van der Waals surface area contributed by atoms with E-state index in [2.05, 4.69) is 0 Å². The SMILES string of the molecule is Cc1cc(O)c(CC(C)O)cc1F. The first-order chi connectivity index (χ1) is 6.00. The Labute approximate surface area is 76.6 Å². The van der Waals surface area contributed by atoms with Crippen LogP contribution in [-0.2, 0) is 6.42 Å². The Balaban J connectivity index is 3.01. The predicted octanol–water partition coefficient (Wildman–Crippen LogP) is 1.76. The summed E-state index contributed by atoms with van der Waals surface area (Å²) in [4.78, 5) is 0. The first kappa shape index (κ1) is 9.99. The van der Waals surface area contributed by atoms with E-state index in [1.165, 1.54) is 12.1 Å². The molecule has 0 aliphatic rings. The maximum absolute atomic E-state index is 13.0. The molecule has 0 amide bonds. The fourth-order valence-electron chi connectivity index (χ4n) is 1.19. The minimum Gasteiger partial charge on any atom is -0.508 e. The van der Waals surface area contributed by atoms with Crippen LogP contribution in [0.4, 0.5) is 4.39 Å². The van der Waals surface area contributed by atoms with Crippen LogP contribution in [-0.4, -0.2) is 16.3 Å². The van der Waals surface area contributed by atoms with Gasteiger partial charge in [-0.1, -0.05) is 0 Å². The van der Waals surface area contributed by atoms with Crippen LogP contribution in [0.1, 0.15) is 18.1 Å². The van der Waals surface area contributed by atoms with Gasteiger partial charge in [-0.15, -0.1) is 0 Å². The normalized spacial score (nSPS) is 12.9. The minimum absolute atomic E-state index is 0.0415. The van der Waals surface area contributed by atoms with E-state index < -0.39 is 6.10 Å². The van der Waals surface area contributed by atoms with Crippen LogP contribution >= 0.6 is 0 Å². The lowest BCUT2D eigenvalue weighted by Gasteiger charge is -2.08. The molecule has 0 bridgehead atoms. The highest BCUT2D eigenvalue weighted by atomic mass is 19.1. The molecule has 0 fully saturated rings. The minimum atomic E-state index is -0.576. The Kier molecular flexibility index (Phi) is 2.88. The lowest BCUT2D eigenvalue weighted by molar-refractivity contribution is 0.194. The van der Waals surface area contributed by atoms with Gasteiger partial charge in [-0.3, -0.25) is 0 Å². The fraction of sp³-hybridized carbons (Fsp3) is 0.400. The zero-order valence-electron chi connectivity index (χ0n) is 7.71. The van der Waals surface area contributed by atoms with Gasteiger partial charge in [0.1, 0.15) is 11.6 Å². The second-order valence-electron chi connectivity index (χ2n) is 3.28. The van der Waals surface area contributed by atoms with Gasteiger partial charge in [-0.05, 0) is 37.1 Å². The summed E-state index contributed by atoms with van der Waals surface area (Å²) in [6.45, 7) is 3.18. The molecule has 1 unspecified atom stereocenters. The Morgan fingerprint density at radius 1 is 1.46 bits per heavy atom. The molecule has 0 heterocycles. The largest absolute Gasteiger partial charge is 0.508 e. The average molecular weight is 184 g/mol. The number of aryl methyl sites for hydroxylation is 1. The highest BCUT2D eigenvalue weighted by Gasteiger charge is 2.08. The summed E-state index contributed by atoms with van der Waals surface area (Å²) in [6.07, 6.45) is -0.309. The molecule has 0 saturated heterocycles. The molecule has 1 atom stereocenters. The standard InChI is InChI=1S/C10H13FO2/c1-6-3-10(13)8(4-7(2)12)5-9(6)11/h3,5,7,12-13H,4H2,1-2H3. The molecule has 0 saturated carbocycles. The molecule has 0 aromatic heterocycles. The number of halogens is 1. The molecule has 72 valence electrons. The van der Waals surface area contributed by atoms with Crippen LogP contribution in [0.15, 0.2) is 12.1 Å². The van der Waals surface area contributed by atoms with Gasteiger partial charge >= 0.3 is 0 Å². The number of aliphatic hydroxyl groups is 1. The molecule has 0 aliphatic carbocycles. The Hall–Kier alpha value is -1.09. The number of phenolic OH excluding ortho intramolecular Hbond substituents is 1. The van der Waals surface area contributed by atoms with Crippen LogP contribution in [0, 0.1) is 12.7 Å². The molecular formula is C10H13FO2. The summed E-state index contributed by atoms with van der Waals surface area (Å²) in [5.74, 6) is -0.312. The summed E-state index contributed by atoms with van der Waals surface area (Å²) in [5.41, 5.74) is 0.852. The van der Waals surface area contributed by atoms with Gasteiger partial charge in [0.25, 0.3) is 0 Å². The van der Waals surface area contributed by atoms with E-state index in [0.717, 1.165) is 0 Å². The van der Waals surface area contributed by atoms with Gasteiger partial charge in [-0.2, -0.15) is 0 Å². The zero-order chi connectivity index (χ0) is 10.0. The molecule has 1 aromatic carbocycles. The van der Waals surface area contributed by atoms with Gasteiger partial charge in [0.2, 0.25) is 0 Å². The molecule has 0 aliphatic heterocycles. The van der Waals surface area contributed by atoms with Gasteiger partial charge in [0.05, 0.1) is 6.10 Å². The van der Waals surface area contributed by atoms with Gasteiger partial charge in [0, 0.05) is 6.42 Å². The maximum Gasteiger partial charge on any atom is 0.126 e. The second kappa shape index (κ2) is 3.75. The van der Waals surface area contributed by atoms with Crippen LogP contribution < -0.4 is 0 Å². The van der Waals surface area contributed by atoms with Crippen molar-refractivity contribution in [3.8, 4) is 5.75 Å². The average Bonchev–Trinajstić information content (AvgIpc) is 1.99. The van der Waals surface area contributed by atoms with Crippen molar-refractivity contribution in [2.24, 2.45) is 0 Å². The third-order valence-electron chi connectivity index (χ3n) is 1.88. The van der Waals surface area contributed by atoms with Crippen LogP contribution in [0.5, 0.6) is 5.75 Å². The summed E-state index contributed by atoms with van der Waals surface area (Å²) >= 11 is 0. The number of hydrogen-bond acceptors (Lipinski definition) is 2. The maximum atomic E-state index is 13.0. The first-order valence-corrected chi connectivity index (χ1v) is 4.16. The smallest absolute Gasteiger partial charge is 0.126 e. The quantitative estimate of drug-likeness (QED) is 0.735. The monoisotopic (exact) mass is 184 g/mol. The highest BCUT2D eigenvalue weighted by molar-refractivity contribution is 5.37. The van der Waals surface area contributed by atoms with Crippen molar-refractivity contribution < 1.29 is 14.6 Å². The van der Waals surface area contributed by atoms with Crippen molar-refractivity contribution in [1.29, 1.82) is 0 Å². The lowest BCUT2D eigenvalue weighted by Crippen LogP contribution is -2.05. The van der Waals surface area contributed by atoms with Crippen LogP contribution in [0.25, 0.3) is 0 Å². The lowest BCUT2D eigenvalue weighted by atomic mass is 10.1. The topological polar surface area (TPSA) is 40.5 Å². The Morgan fingerprint density at radius 2 is 2.08 bits per heavy atom. The number of rotatable bonds is 2. The van der Waals surface area contributed by atoms with Crippen molar-refractivity contribution in [3.05, 3.63) is 29.1 Å². The Morgan fingerprint density at radius 3 is 2.62 bits per heavy atom. The molecular weight excluding hydrogens is 171 g/mol. The molecule has 0 radical (unpaired) electrons. The van der Waals surface area contributed by atoms with Crippen molar-refractivity contribution in [2.45, 2.75) is 26.4 Å². The van der Waals surface area contributed by atoms with Crippen molar-refractivity contribution >= 4 is 0 Å². The number of benzene rings is 1. The van der Waals surface area contributed by atoms with E-state index in [-0.39, 0.29) is 18.0 Å². The third-order valence-corrected chi connectivity index (χ3v) is 1.88. The van der Waals surface area contributed by atoms with E-state index in [1.807, 2.05) is 0 Å². The molecule has 2 nitrogen and oxygen atoms in total. The summed E-state index contributed by atoms with van der Waals surface area (Å²) in [7, 11) is 0. The highest BCUT2D eigenvalue weighted by Crippen LogP contribution is 2.22. The molecule has 1 rings (SSSR count). The van der Waals surface area contributed by atoms with E-state index in [0.29, 0.717) is 11.1 Å². The number of aromatic hydroxyl groups is 1. The number of hydrogen-bond donors (Lipinski definition) is 2. The first-order valence-electron chi connectivity index (χ1n) is 4.16.